The van der Waals surface area contributed by atoms with Crippen LogP contribution in [-0.4, -0.2) is 30.4 Å². The lowest BCUT2D eigenvalue weighted by Crippen LogP contribution is -2.35. The first kappa shape index (κ1) is 15.1. The fourth-order valence-electron chi connectivity index (χ4n) is 2.25. The highest BCUT2D eigenvalue weighted by Gasteiger charge is 2.24. The molecule has 20 heavy (non-hydrogen) atoms. The van der Waals surface area contributed by atoms with Gasteiger partial charge in [-0.25, -0.2) is 0 Å². The first-order valence-corrected chi connectivity index (χ1v) is 7.53. The largest absolute Gasteiger partial charge is 0.397 e. The van der Waals surface area contributed by atoms with Gasteiger partial charge in [-0.3, -0.25) is 9.69 Å². The smallest absolute Gasteiger partial charge is 0.238 e. The predicted octanol–water partition coefficient (Wildman–Crippen LogP) is 2.98. The second kappa shape index (κ2) is 6.95. The zero-order valence-corrected chi connectivity index (χ0v) is 12.6. The third-order valence-corrected chi connectivity index (χ3v) is 3.64. The summed E-state index contributed by atoms with van der Waals surface area (Å²) in [6, 6.07) is 5.09. The van der Waals surface area contributed by atoms with Crippen molar-refractivity contribution in [3.8, 4) is 0 Å². The van der Waals surface area contributed by atoms with Gasteiger partial charge in [0, 0.05) is 11.6 Å². The molecule has 1 fully saturated rings. The Hall–Kier alpha value is -1.26. The molecule has 110 valence electrons. The van der Waals surface area contributed by atoms with Crippen LogP contribution >= 0.6 is 11.6 Å². The van der Waals surface area contributed by atoms with Crippen LogP contribution in [0.25, 0.3) is 0 Å². The van der Waals surface area contributed by atoms with Crippen LogP contribution in [0.5, 0.6) is 0 Å². The fraction of sp³-hybridized carbons (Fsp3) is 0.533. The number of nitrogens with zero attached hydrogens (tertiary/aromatic N) is 1. The van der Waals surface area contributed by atoms with Gasteiger partial charge in [-0.05, 0) is 49.9 Å². The first-order valence-electron chi connectivity index (χ1n) is 7.15. The highest BCUT2D eigenvalue weighted by molar-refractivity contribution is 6.31. The van der Waals surface area contributed by atoms with Gasteiger partial charge in [0.05, 0.1) is 17.9 Å². The SMILES string of the molecule is CCCN(CC(=O)Nc1cc(Cl)ccc1N)CC1CC1. The molecule has 0 aromatic heterocycles. The Labute approximate surface area is 125 Å². The molecule has 1 aromatic rings. The molecule has 1 amide bonds. The van der Waals surface area contributed by atoms with Crippen molar-refractivity contribution in [3.63, 3.8) is 0 Å². The van der Waals surface area contributed by atoms with Gasteiger partial charge in [-0.2, -0.15) is 0 Å². The van der Waals surface area contributed by atoms with E-state index in [9.17, 15) is 4.79 Å². The van der Waals surface area contributed by atoms with Crippen molar-refractivity contribution in [2.45, 2.75) is 26.2 Å². The van der Waals surface area contributed by atoms with Crippen molar-refractivity contribution in [2.75, 3.05) is 30.7 Å². The van der Waals surface area contributed by atoms with Gasteiger partial charge >= 0.3 is 0 Å². The summed E-state index contributed by atoms with van der Waals surface area (Å²) in [6.45, 7) is 4.52. The minimum absolute atomic E-state index is 0.0342. The number of rotatable bonds is 7. The Bertz CT molecular complexity index is 474. The summed E-state index contributed by atoms with van der Waals surface area (Å²) in [4.78, 5) is 14.3. The van der Waals surface area contributed by atoms with Crippen molar-refractivity contribution in [1.29, 1.82) is 0 Å². The average Bonchev–Trinajstić information content (AvgIpc) is 3.18. The topological polar surface area (TPSA) is 58.4 Å². The molecule has 4 nitrogen and oxygen atoms in total. The Balaban J connectivity index is 1.90. The maximum absolute atomic E-state index is 12.1. The Morgan fingerprint density at radius 3 is 2.90 bits per heavy atom. The molecular formula is C15H22ClN3O. The second-order valence-corrected chi connectivity index (χ2v) is 5.89. The van der Waals surface area contributed by atoms with Crippen LogP contribution in [0.4, 0.5) is 11.4 Å². The van der Waals surface area contributed by atoms with E-state index in [1.165, 1.54) is 12.8 Å². The van der Waals surface area contributed by atoms with E-state index >= 15 is 0 Å². The third kappa shape index (κ3) is 4.69. The molecule has 3 N–H and O–H groups in total. The number of halogens is 1. The lowest BCUT2D eigenvalue weighted by Gasteiger charge is -2.21. The summed E-state index contributed by atoms with van der Waals surface area (Å²) in [7, 11) is 0. The number of amides is 1. The summed E-state index contributed by atoms with van der Waals surface area (Å²) in [5.74, 6) is 0.749. The molecule has 5 heteroatoms. The molecule has 1 aliphatic rings. The number of carbonyl (C=O) groups excluding carboxylic acids is 1. The van der Waals surface area contributed by atoms with E-state index in [4.69, 9.17) is 17.3 Å². The molecule has 1 saturated carbocycles. The molecular weight excluding hydrogens is 274 g/mol. The van der Waals surface area contributed by atoms with Crippen molar-refractivity contribution >= 4 is 28.9 Å². The maximum Gasteiger partial charge on any atom is 0.238 e. The van der Waals surface area contributed by atoms with Gasteiger partial charge in [0.15, 0.2) is 0 Å². The van der Waals surface area contributed by atoms with E-state index in [1.54, 1.807) is 18.2 Å². The number of hydrogen-bond donors (Lipinski definition) is 2. The Morgan fingerprint density at radius 2 is 2.25 bits per heavy atom. The van der Waals surface area contributed by atoms with E-state index in [0.717, 1.165) is 25.4 Å². The molecule has 0 aliphatic heterocycles. The van der Waals surface area contributed by atoms with E-state index in [1.807, 2.05) is 0 Å². The van der Waals surface area contributed by atoms with E-state index < -0.39 is 0 Å². The molecule has 0 atom stereocenters. The highest BCUT2D eigenvalue weighted by Crippen LogP contribution is 2.29. The van der Waals surface area contributed by atoms with E-state index in [2.05, 4.69) is 17.1 Å². The summed E-state index contributed by atoms with van der Waals surface area (Å²) < 4.78 is 0. The van der Waals surface area contributed by atoms with Crippen LogP contribution in [0.1, 0.15) is 26.2 Å². The lowest BCUT2D eigenvalue weighted by atomic mass is 10.2. The number of nitrogens with one attached hydrogen (secondary N) is 1. The van der Waals surface area contributed by atoms with E-state index in [0.29, 0.717) is 22.9 Å². The van der Waals surface area contributed by atoms with Crippen molar-refractivity contribution in [3.05, 3.63) is 23.2 Å². The summed E-state index contributed by atoms with van der Waals surface area (Å²) in [5.41, 5.74) is 6.95. The Morgan fingerprint density at radius 1 is 1.50 bits per heavy atom. The number of hydrogen-bond acceptors (Lipinski definition) is 3. The first-order chi connectivity index (χ1) is 9.58. The quantitative estimate of drug-likeness (QED) is 0.760. The minimum atomic E-state index is -0.0342. The normalized spacial score (nSPS) is 14.6. The summed E-state index contributed by atoms with van der Waals surface area (Å²) in [5, 5.41) is 3.41. The van der Waals surface area contributed by atoms with Crippen LogP contribution in [0.2, 0.25) is 5.02 Å². The number of carbonyl (C=O) groups is 1. The fourth-order valence-corrected chi connectivity index (χ4v) is 2.42. The van der Waals surface area contributed by atoms with Gasteiger partial charge in [-0.1, -0.05) is 18.5 Å². The summed E-state index contributed by atoms with van der Waals surface area (Å²) in [6.07, 6.45) is 3.64. The number of anilines is 2. The minimum Gasteiger partial charge on any atom is -0.397 e. The predicted molar refractivity (Wildman–Crippen MR) is 83.9 cm³/mol. The number of nitrogens with two attached hydrogens (primary N) is 1. The van der Waals surface area contributed by atoms with Crippen LogP contribution in [0.3, 0.4) is 0 Å². The molecule has 0 radical (unpaired) electrons. The van der Waals surface area contributed by atoms with Crippen LogP contribution in [-0.2, 0) is 4.79 Å². The van der Waals surface area contributed by atoms with Crippen LogP contribution < -0.4 is 11.1 Å². The third-order valence-electron chi connectivity index (χ3n) is 3.41. The van der Waals surface area contributed by atoms with Gasteiger partial charge in [0.25, 0.3) is 0 Å². The number of benzene rings is 1. The van der Waals surface area contributed by atoms with Crippen molar-refractivity contribution in [1.82, 2.24) is 4.90 Å². The molecule has 0 spiro atoms. The van der Waals surface area contributed by atoms with Crippen LogP contribution in [0.15, 0.2) is 18.2 Å². The molecule has 2 rings (SSSR count). The number of nitrogen functional groups attached to an aromatic ring is 1. The molecule has 1 aliphatic carbocycles. The molecule has 0 saturated heterocycles. The second-order valence-electron chi connectivity index (χ2n) is 5.46. The monoisotopic (exact) mass is 295 g/mol. The summed E-state index contributed by atoms with van der Waals surface area (Å²) >= 11 is 5.92. The van der Waals surface area contributed by atoms with Crippen molar-refractivity contribution < 1.29 is 4.79 Å². The van der Waals surface area contributed by atoms with Crippen molar-refractivity contribution in [2.24, 2.45) is 5.92 Å². The van der Waals surface area contributed by atoms with E-state index in [-0.39, 0.29) is 5.91 Å². The van der Waals surface area contributed by atoms with Gasteiger partial charge in [-0.15, -0.1) is 0 Å². The zero-order valence-electron chi connectivity index (χ0n) is 11.9. The standard InChI is InChI=1S/C15H22ClN3O/c1-2-7-19(9-11-3-4-11)10-15(20)18-14-8-12(16)5-6-13(14)17/h5-6,8,11H,2-4,7,9-10,17H2,1H3,(H,18,20). The Kier molecular flexibility index (Phi) is 5.26. The zero-order chi connectivity index (χ0) is 14.5. The average molecular weight is 296 g/mol. The van der Waals surface area contributed by atoms with Gasteiger partial charge < -0.3 is 11.1 Å². The molecule has 0 heterocycles. The van der Waals surface area contributed by atoms with Gasteiger partial charge in [0.2, 0.25) is 5.91 Å². The molecule has 0 unspecified atom stereocenters. The molecule has 0 bridgehead atoms. The lowest BCUT2D eigenvalue weighted by molar-refractivity contribution is -0.117. The highest BCUT2D eigenvalue weighted by atomic mass is 35.5. The van der Waals surface area contributed by atoms with Gasteiger partial charge in [0.1, 0.15) is 0 Å². The molecule has 1 aromatic carbocycles. The maximum atomic E-state index is 12.1. The van der Waals surface area contributed by atoms with Crippen LogP contribution in [0, 0.1) is 5.92 Å².